The largest absolute Gasteiger partial charge is 0.479 e. The van der Waals surface area contributed by atoms with Gasteiger partial charge in [-0.15, -0.1) is 5.10 Å². The first kappa shape index (κ1) is 14.6. The Morgan fingerprint density at radius 2 is 2.25 bits per heavy atom. The second kappa shape index (κ2) is 5.28. The molecule has 0 radical (unpaired) electrons. The van der Waals surface area contributed by atoms with Crippen molar-refractivity contribution in [3.63, 3.8) is 0 Å². The van der Waals surface area contributed by atoms with Gasteiger partial charge in [-0.05, 0) is 57.9 Å². The second-order valence-electron chi connectivity index (χ2n) is 4.48. The maximum absolute atomic E-state index is 13.6. The summed E-state index contributed by atoms with van der Waals surface area (Å²) in [5, 5.41) is 20.4. The van der Waals surface area contributed by atoms with Crippen molar-refractivity contribution in [2.45, 2.75) is 25.8 Å². The molecule has 0 aliphatic rings. The molecule has 2 rings (SSSR count). The van der Waals surface area contributed by atoms with E-state index in [1.54, 1.807) is 13.0 Å². The molecule has 0 aliphatic heterocycles. The van der Waals surface area contributed by atoms with Crippen molar-refractivity contribution in [2.24, 2.45) is 0 Å². The zero-order valence-corrected chi connectivity index (χ0v) is 12.4. The summed E-state index contributed by atoms with van der Waals surface area (Å²) in [6.07, 6.45) is 0.291. The van der Waals surface area contributed by atoms with E-state index >= 15 is 0 Å². The molecule has 1 N–H and O–H groups in total. The first-order valence-electron chi connectivity index (χ1n) is 5.88. The van der Waals surface area contributed by atoms with E-state index in [2.05, 4.69) is 31.5 Å². The van der Waals surface area contributed by atoms with Gasteiger partial charge in [0.25, 0.3) is 0 Å². The Hall–Kier alpha value is -1.83. The van der Waals surface area contributed by atoms with Gasteiger partial charge in [-0.2, -0.15) is 0 Å². The Kier molecular flexibility index (Phi) is 3.85. The minimum atomic E-state index is -1.29. The van der Waals surface area contributed by atoms with Crippen LogP contribution in [0.4, 0.5) is 4.39 Å². The van der Waals surface area contributed by atoms with Crippen molar-refractivity contribution in [2.75, 3.05) is 0 Å². The predicted octanol–water partition coefficient (Wildman–Crippen LogP) is 2.45. The van der Waals surface area contributed by atoms with E-state index in [1.165, 1.54) is 23.7 Å². The lowest BCUT2D eigenvalue weighted by Gasteiger charge is -2.24. The summed E-state index contributed by atoms with van der Waals surface area (Å²) in [5.74, 6) is -1.31. The number of hydrogen-bond donors (Lipinski definition) is 1. The molecule has 1 heterocycles. The lowest BCUT2D eigenvalue weighted by molar-refractivity contribution is -0.147. The van der Waals surface area contributed by atoms with E-state index in [0.717, 1.165) is 0 Å². The molecule has 1 aromatic heterocycles. The van der Waals surface area contributed by atoms with Gasteiger partial charge in [0, 0.05) is 5.56 Å². The molecule has 2 aromatic rings. The third kappa shape index (κ3) is 2.31. The number of carbonyl (C=O) groups is 1. The number of aromatic nitrogens is 4. The molecular formula is C12H12BrFN4O2. The number of benzene rings is 1. The van der Waals surface area contributed by atoms with Crippen LogP contribution in [0.5, 0.6) is 0 Å². The average Bonchev–Trinajstić information content (AvgIpc) is 2.90. The Morgan fingerprint density at radius 1 is 1.55 bits per heavy atom. The third-order valence-electron chi connectivity index (χ3n) is 3.26. The van der Waals surface area contributed by atoms with Gasteiger partial charge in [0.15, 0.2) is 11.4 Å². The summed E-state index contributed by atoms with van der Waals surface area (Å²) < 4.78 is 15.1. The average molecular weight is 343 g/mol. The third-order valence-corrected chi connectivity index (χ3v) is 3.91. The number of aliphatic carboxylic acids is 1. The molecular weight excluding hydrogens is 331 g/mol. The monoisotopic (exact) mass is 342 g/mol. The Bertz CT molecular complexity index is 661. The smallest absolute Gasteiger partial charge is 0.331 e. The Morgan fingerprint density at radius 3 is 2.80 bits per heavy atom. The van der Waals surface area contributed by atoms with Crippen molar-refractivity contribution in [1.82, 2.24) is 20.2 Å². The van der Waals surface area contributed by atoms with Gasteiger partial charge in [-0.25, -0.2) is 13.9 Å². The molecule has 0 bridgehead atoms. The van der Waals surface area contributed by atoms with Gasteiger partial charge in [-0.3, -0.25) is 0 Å². The van der Waals surface area contributed by atoms with E-state index < -0.39 is 17.3 Å². The minimum absolute atomic E-state index is 0.211. The number of nitrogens with zero attached hydrogens (tertiary/aromatic N) is 4. The van der Waals surface area contributed by atoms with Crippen molar-refractivity contribution in [3.05, 3.63) is 28.5 Å². The van der Waals surface area contributed by atoms with Crippen molar-refractivity contribution >= 4 is 21.9 Å². The van der Waals surface area contributed by atoms with Gasteiger partial charge < -0.3 is 5.11 Å². The van der Waals surface area contributed by atoms with E-state index in [1.807, 2.05) is 0 Å². The highest BCUT2D eigenvalue weighted by Gasteiger charge is 2.37. The molecule has 1 atom stereocenters. The maximum atomic E-state index is 13.6. The number of rotatable bonds is 4. The summed E-state index contributed by atoms with van der Waals surface area (Å²) in [6.45, 7) is 3.24. The zero-order valence-electron chi connectivity index (χ0n) is 10.8. The predicted molar refractivity (Wildman–Crippen MR) is 72.5 cm³/mol. The highest BCUT2D eigenvalue weighted by molar-refractivity contribution is 9.10. The van der Waals surface area contributed by atoms with Crippen LogP contribution < -0.4 is 0 Å². The molecule has 1 aromatic carbocycles. The molecule has 0 fully saturated rings. The molecule has 6 nitrogen and oxygen atoms in total. The summed E-state index contributed by atoms with van der Waals surface area (Å²) >= 11 is 3.06. The molecule has 8 heteroatoms. The Balaban J connectivity index is 2.58. The Labute approximate surface area is 122 Å². The number of tetrazole rings is 1. The van der Waals surface area contributed by atoms with Crippen molar-refractivity contribution < 1.29 is 14.3 Å². The summed E-state index contributed by atoms with van der Waals surface area (Å²) in [6, 6.07) is 4.39. The van der Waals surface area contributed by atoms with Crippen LogP contribution in [0.1, 0.15) is 20.3 Å². The van der Waals surface area contributed by atoms with Crippen molar-refractivity contribution in [1.29, 1.82) is 0 Å². The van der Waals surface area contributed by atoms with Crippen LogP contribution in [0, 0.1) is 5.82 Å². The minimum Gasteiger partial charge on any atom is -0.479 e. The highest BCUT2D eigenvalue weighted by atomic mass is 79.9. The molecule has 0 saturated heterocycles. The topological polar surface area (TPSA) is 80.9 Å². The number of hydrogen-bond acceptors (Lipinski definition) is 4. The van der Waals surface area contributed by atoms with Crippen LogP contribution in [-0.4, -0.2) is 31.3 Å². The quantitative estimate of drug-likeness (QED) is 0.922. The van der Waals surface area contributed by atoms with Crippen molar-refractivity contribution in [3.8, 4) is 11.4 Å². The molecule has 0 amide bonds. The van der Waals surface area contributed by atoms with Gasteiger partial charge >= 0.3 is 5.97 Å². The first-order valence-corrected chi connectivity index (χ1v) is 6.67. The van der Waals surface area contributed by atoms with Gasteiger partial charge in [-0.1, -0.05) is 6.92 Å². The normalized spacial score (nSPS) is 14.0. The van der Waals surface area contributed by atoms with Crippen LogP contribution >= 0.6 is 15.9 Å². The fourth-order valence-corrected chi connectivity index (χ4v) is 1.97. The molecule has 1 unspecified atom stereocenters. The molecule has 20 heavy (non-hydrogen) atoms. The first-order chi connectivity index (χ1) is 9.40. The zero-order chi connectivity index (χ0) is 14.9. The SMILES string of the molecule is CCC(C)(C(=O)O)n1nnnc1-c1ccc(Br)c(F)c1. The number of halogens is 2. The lowest BCUT2D eigenvalue weighted by Crippen LogP contribution is -2.39. The fraction of sp³-hybridized carbons (Fsp3) is 0.333. The lowest BCUT2D eigenvalue weighted by atomic mass is 9.99. The number of carboxylic acid groups (broad SMARTS) is 1. The van der Waals surface area contributed by atoms with Gasteiger partial charge in [0.2, 0.25) is 0 Å². The van der Waals surface area contributed by atoms with Crippen LogP contribution in [-0.2, 0) is 10.3 Å². The summed E-state index contributed by atoms with van der Waals surface area (Å²) in [5.41, 5.74) is -0.876. The standard InChI is InChI=1S/C12H12BrFN4O2/c1-3-12(2,11(19)20)18-10(15-16-17-18)7-4-5-8(13)9(14)6-7/h4-6H,3H2,1-2H3,(H,19,20). The molecule has 0 saturated carbocycles. The second-order valence-corrected chi connectivity index (χ2v) is 5.33. The molecule has 0 aliphatic carbocycles. The fourth-order valence-electron chi connectivity index (χ4n) is 1.73. The van der Waals surface area contributed by atoms with Crippen LogP contribution in [0.25, 0.3) is 11.4 Å². The van der Waals surface area contributed by atoms with Gasteiger partial charge in [0.05, 0.1) is 4.47 Å². The van der Waals surface area contributed by atoms with Crippen LogP contribution in [0.2, 0.25) is 0 Å². The van der Waals surface area contributed by atoms with Crippen LogP contribution in [0.3, 0.4) is 0 Å². The van der Waals surface area contributed by atoms with E-state index in [4.69, 9.17) is 0 Å². The van der Waals surface area contributed by atoms with Crippen LogP contribution in [0.15, 0.2) is 22.7 Å². The maximum Gasteiger partial charge on any atom is 0.331 e. The highest BCUT2D eigenvalue weighted by Crippen LogP contribution is 2.28. The summed E-state index contributed by atoms with van der Waals surface area (Å²) in [7, 11) is 0. The molecule has 106 valence electrons. The van der Waals surface area contributed by atoms with E-state index in [-0.39, 0.29) is 5.82 Å². The van der Waals surface area contributed by atoms with E-state index in [0.29, 0.717) is 16.5 Å². The van der Waals surface area contributed by atoms with E-state index in [9.17, 15) is 14.3 Å². The molecule has 0 spiro atoms. The number of carboxylic acids is 1. The van der Waals surface area contributed by atoms with Gasteiger partial charge in [0.1, 0.15) is 5.82 Å². The summed E-state index contributed by atoms with van der Waals surface area (Å²) in [4.78, 5) is 11.5.